The molecule has 0 atom stereocenters. The molecule has 3 nitrogen and oxygen atoms in total. The van der Waals surface area contributed by atoms with Crippen LogP contribution in [0.2, 0.25) is 0 Å². The molecule has 0 fully saturated rings. The molecule has 0 unspecified atom stereocenters. The molecule has 0 aliphatic rings. The molecular formula is C14H15N3S. The second-order valence-corrected chi connectivity index (χ2v) is 5.92. The van der Waals surface area contributed by atoms with Crippen molar-refractivity contribution in [3.63, 3.8) is 0 Å². The van der Waals surface area contributed by atoms with E-state index in [1.54, 1.807) is 6.20 Å². The lowest BCUT2D eigenvalue weighted by atomic mass is 10.2. The molecule has 0 aliphatic heterocycles. The van der Waals surface area contributed by atoms with E-state index in [0.29, 0.717) is 17.5 Å². The first-order valence-electron chi connectivity index (χ1n) is 5.87. The van der Waals surface area contributed by atoms with Crippen LogP contribution in [0.3, 0.4) is 0 Å². The number of H-pyrrole nitrogens is 1. The number of aromatic amines is 1. The molecule has 1 N–H and O–H groups in total. The fourth-order valence-electron chi connectivity index (χ4n) is 1.66. The van der Waals surface area contributed by atoms with Crippen LogP contribution in [-0.4, -0.2) is 15.2 Å². The number of hydrogen-bond donors (Lipinski definition) is 1. The van der Waals surface area contributed by atoms with Crippen molar-refractivity contribution < 1.29 is 0 Å². The summed E-state index contributed by atoms with van der Waals surface area (Å²) in [6.45, 7) is 4.36. The van der Waals surface area contributed by atoms with Crippen molar-refractivity contribution >= 4 is 11.8 Å². The van der Waals surface area contributed by atoms with E-state index in [4.69, 9.17) is 5.26 Å². The maximum atomic E-state index is 8.61. The minimum absolute atomic E-state index is 0.321. The zero-order valence-corrected chi connectivity index (χ0v) is 11.3. The molecule has 1 heterocycles. The van der Waals surface area contributed by atoms with Crippen LogP contribution in [0, 0.1) is 11.3 Å². The zero-order valence-electron chi connectivity index (χ0n) is 10.5. The summed E-state index contributed by atoms with van der Waals surface area (Å²) in [5, 5.41) is 9.20. The van der Waals surface area contributed by atoms with Crippen molar-refractivity contribution in [2.75, 3.05) is 0 Å². The molecular weight excluding hydrogens is 242 g/mol. The molecule has 1 aromatic carbocycles. The van der Waals surface area contributed by atoms with Gasteiger partial charge in [-0.2, -0.15) is 5.26 Å². The highest BCUT2D eigenvalue weighted by atomic mass is 32.2. The van der Waals surface area contributed by atoms with Gasteiger partial charge in [0.2, 0.25) is 0 Å². The first kappa shape index (κ1) is 12.7. The van der Waals surface area contributed by atoms with Gasteiger partial charge in [0.25, 0.3) is 0 Å². The Morgan fingerprint density at radius 1 is 1.33 bits per heavy atom. The van der Waals surface area contributed by atoms with Gasteiger partial charge < -0.3 is 4.98 Å². The SMILES string of the molecule is CC(C)Sc1ccc(-c2cnc(CC#N)[nH]2)cc1. The Labute approximate surface area is 111 Å². The first-order valence-corrected chi connectivity index (χ1v) is 6.75. The third-order valence-electron chi connectivity index (χ3n) is 2.41. The number of imidazole rings is 1. The number of nitriles is 1. The van der Waals surface area contributed by atoms with Gasteiger partial charge in [-0.1, -0.05) is 26.0 Å². The molecule has 4 heteroatoms. The number of nitrogens with one attached hydrogen (secondary N) is 1. The molecule has 0 radical (unpaired) electrons. The molecule has 92 valence electrons. The van der Waals surface area contributed by atoms with Crippen LogP contribution in [0.25, 0.3) is 11.3 Å². The summed E-state index contributed by atoms with van der Waals surface area (Å²) in [5.74, 6) is 0.716. The number of thioether (sulfide) groups is 1. The van der Waals surface area contributed by atoms with Gasteiger partial charge >= 0.3 is 0 Å². The van der Waals surface area contributed by atoms with Crippen LogP contribution in [-0.2, 0) is 6.42 Å². The van der Waals surface area contributed by atoms with Gasteiger partial charge in [0.05, 0.1) is 24.4 Å². The second kappa shape index (κ2) is 5.74. The van der Waals surface area contributed by atoms with Gasteiger partial charge in [0.15, 0.2) is 0 Å². The molecule has 0 saturated heterocycles. The predicted octanol–water partition coefficient (Wildman–Crippen LogP) is 3.64. The van der Waals surface area contributed by atoms with Gasteiger partial charge in [0, 0.05) is 10.1 Å². The normalized spacial score (nSPS) is 10.6. The van der Waals surface area contributed by atoms with E-state index in [0.717, 1.165) is 11.3 Å². The van der Waals surface area contributed by atoms with Crippen molar-refractivity contribution in [1.29, 1.82) is 5.26 Å². The van der Waals surface area contributed by atoms with E-state index in [-0.39, 0.29) is 0 Å². The Hall–Kier alpha value is -1.73. The van der Waals surface area contributed by atoms with E-state index >= 15 is 0 Å². The fourth-order valence-corrected chi connectivity index (χ4v) is 2.50. The largest absolute Gasteiger partial charge is 0.341 e. The summed E-state index contributed by atoms with van der Waals surface area (Å²) >= 11 is 1.85. The van der Waals surface area contributed by atoms with Crippen molar-refractivity contribution in [1.82, 2.24) is 9.97 Å². The van der Waals surface area contributed by atoms with E-state index in [1.807, 2.05) is 11.8 Å². The first-order chi connectivity index (χ1) is 8.69. The van der Waals surface area contributed by atoms with Crippen molar-refractivity contribution in [2.45, 2.75) is 30.4 Å². The maximum absolute atomic E-state index is 8.61. The van der Waals surface area contributed by atoms with E-state index in [1.165, 1.54) is 4.90 Å². The molecule has 18 heavy (non-hydrogen) atoms. The molecule has 0 bridgehead atoms. The molecule has 0 spiro atoms. The number of rotatable bonds is 4. The third kappa shape index (κ3) is 3.14. The Balaban J connectivity index is 2.15. The summed E-state index contributed by atoms with van der Waals surface area (Å²) in [6, 6.07) is 10.5. The Morgan fingerprint density at radius 2 is 2.06 bits per heavy atom. The van der Waals surface area contributed by atoms with Crippen LogP contribution in [0.5, 0.6) is 0 Å². The van der Waals surface area contributed by atoms with Crippen molar-refractivity contribution in [3.8, 4) is 17.3 Å². The number of aromatic nitrogens is 2. The Morgan fingerprint density at radius 3 is 2.67 bits per heavy atom. The molecule has 1 aromatic heterocycles. The summed E-state index contributed by atoms with van der Waals surface area (Å²) < 4.78 is 0. The van der Waals surface area contributed by atoms with E-state index in [2.05, 4.69) is 54.2 Å². The van der Waals surface area contributed by atoms with Gasteiger partial charge in [0.1, 0.15) is 5.82 Å². The maximum Gasteiger partial charge on any atom is 0.120 e. The van der Waals surface area contributed by atoms with Crippen LogP contribution in [0.4, 0.5) is 0 Å². The summed E-state index contributed by atoms with van der Waals surface area (Å²) in [6.07, 6.45) is 2.10. The fraction of sp³-hybridized carbons (Fsp3) is 0.286. The standard InChI is InChI=1S/C14H15N3S/c1-10(2)18-12-5-3-11(4-6-12)13-9-16-14(17-13)7-8-15/h3-6,9-10H,7H2,1-2H3,(H,16,17). The smallest absolute Gasteiger partial charge is 0.120 e. The van der Waals surface area contributed by atoms with Gasteiger partial charge in [-0.15, -0.1) is 11.8 Å². The quantitative estimate of drug-likeness (QED) is 0.851. The Kier molecular flexibility index (Phi) is 4.06. The summed E-state index contributed by atoms with van der Waals surface area (Å²) in [4.78, 5) is 8.59. The lowest BCUT2D eigenvalue weighted by Crippen LogP contribution is -1.86. The van der Waals surface area contributed by atoms with Crippen LogP contribution in [0.1, 0.15) is 19.7 Å². The average molecular weight is 257 g/mol. The number of nitrogens with zero attached hydrogens (tertiary/aromatic N) is 2. The predicted molar refractivity (Wildman–Crippen MR) is 74.3 cm³/mol. The van der Waals surface area contributed by atoms with Crippen LogP contribution in [0.15, 0.2) is 35.4 Å². The molecule has 2 aromatic rings. The minimum atomic E-state index is 0.321. The van der Waals surface area contributed by atoms with Gasteiger partial charge in [-0.05, 0) is 17.7 Å². The second-order valence-electron chi connectivity index (χ2n) is 4.27. The van der Waals surface area contributed by atoms with Crippen molar-refractivity contribution in [2.24, 2.45) is 0 Å². The molecule has 0 amide bonds. The Bertz CT molecular complexity index is 549. The third-order valence-corrected chi connectivity index (χ3v) is 3.43. The average Bonchev–Trinajstić information content (AvgIpc) is 2.78. The highest BCUT2D eigenvalue weighted by Crippen LogP contribution is 2.25. The monoisotopic (exact) mass is 257 g/mol. The van der Waals surface area contributed by atoms with Crippen LogP contribution < -0.4 is 0 Å². The molecule has 2 rings (SSSR count). The van der Waals surface area contributed by atoms with Crippen molar-refractivity contribution in [3.05, 3.63) is 36.3 Å². The van der Waals surface area contributed by atoms with E-state index < -0.39 is 0 Å². The zero-order chi connectivity index (χ0) is 13.0. The summed E-state index contributed by atoms with van der Waals surface area (Å²) in [5.41, 5.74) is 2.06. The highest BCUT2D eigenvalue weighted by Gasteiger charge is 2.04. The number of benzene rings is 1. The van der Waals surface area contributed by atoms with Gasteiger partial charge in [-0.3, -0.25) is 0 Å². The lowest BCUT2D eigenvalue weighted by Gasteiger charge is -2.05. The highest BCUT2D eigenvalue weighted by molar-refractivity contribution is 7.99. The molecule has 0 aliphatic carbocycles. The summed E-state index contributed by atoms with van der Waals surface area (Å²) in [7, 11) is 0. The molecule has 0 saturated carbocycles. The minimum Gasteiger partial charge on any atom is -0.341 e. The van der Waals surface area contributed by atoms with Crippen LogP contribution >= 0.6 is 11.8 Å². The topological polar surface area (TPSA) is 52.5 Å². The number of hydrogen-bond acceptors (Lipinski definition) is 3. The van der Waals surface area contributed by atoms with E-state index in [9.17, 15) is 0 Å². The lowest BCUT2D eigenvalue weighted by molar-refractivity contribution is 1.06. The van der Waals surface area contributed by atoms with Gasteiger partial charge in [-0.25, -0.2) is 4.98 Å².